The summed E-state index contributed by atoms with van der Waals surface area (Å²) in [5, 5.41) is 10.4. The summed E-state index contributed by atoms with van der Waals surface area (Å²) in [6.45, 7) is 0. The maximum absolute atomic E-state index is 12.0. The molecule has 0 bridgehead atoms. The zero-order valence-electron chi connectivity index (χ0n) is 10.5. The van der Waals surface area contributed by atoms with Crippen LogP contribution in [0.1, 0.15) is 11.7 Å². The Kier molecular flexibility index (Phi) is 4.65. The van der Waals surface area contributed by atoms with Crippen molar-refractivity contribution in [3.8, 4) is 0 Å². The monoisotopic (exact) mass is 311 g/mol. The molecule has 0 aliphatic rings. The first kappa shape index (κ1) is 14.8. The van der Waals surface area contributed by atoms with Gasteiger partial charge in [-0.15, -0.1) is 0 Å². The van der Waals surface area contributed by atoms with Gasteiger partial charge in [-0.2, -0.15) is 0 Å². The van der Waals surface area contributed by atoms with E-state index in [0.29, 0.717) is 16.3 Å². The van der Waals surface area contributed by atoms with E-state index in [0.717, 1.165) is 0 Å². The molecule has 20 heavy (non-hydrogen) atoms. The van der Waals surface area contributed by atoms with Gasteiger partial charge in [0.15, 0.2) is 0 Å². The topological polar surface area (TPSA) is 66.4 Å². The van der Waals surface area contributed by atoms with Gasteiger partial charge in [0, 0.05) is 10.7 Å². The molecule has 1 atom stereocenters. The Bertz CT molecular complexity index is 674. The fourth-order valence-electron chi connectivity index (χ4n) is 1.75. The second-order valence-electron chi connectivity index (χ2n) is 4.32. The molecule has 0 amide bonds. The first-order valence-electron chi connectivity index (χ1n) is 5.95. The SMILES string of the molecule is O=S(=O)(C[C@@H](O)c1ccccc1)Nc1cccc(Cl)c1. The van der Waals surface area contributed by atoms with Crippen LogP contribution >= 0.6 is 11.6 Å². The van der Waals surface area contributed by atoms with Gasteiger partial charge in [0.05, 0.1) is 11.9 Å². The van der Waals surface area contributed by atoms with Crippen LogP contribution in [0.3, 0.4) is 0 Å². The first-order valence-corrected chi connectivity index (χ1v) is 7.98. The molecule has 0 radical (unpaired) electrons. The van der Waals surface area contributed by atoms with Crippen molar-refractivity contribution in [1.82, 2.24) is 0 Å². The smallest absolute Gasteiger partial charge is 0.235 e. The lowest BCUT2D eigenvalue weighted by molar-refractivity contribution is 0.202. The molecule has 0 heterocycles. The molecule has 0 aliphatic carbocycles. The number of nitrogens with one attached hydrogen (secondary N) is 1. The molecule has 0 spiro atoms. The Hall–Kier alpha value is -1.56. The van der Waals surface area contributed by atoms with Crippen molar-refractivity contribution in [3.63, 3.8) is 0 Å². The maximum Gasteiger partial charge on any atom is 0.235 e. The molecule has 4 nitrogen and oxygen atoms in total. The number of rotatable bonds is 5. The van der Waals surface area contributed by atoms with Crippen molar-refractivity contribution in [2.24, 2.45) is 0 Å². The standard InChI is InChI=1S/C14H14ClNO3S/c15-12-7-4-8-13(9-12)16-20(18,19)10-14(17)11-5-2-1-3-6-11/h1-9,14,16-17H,10H2/t14-/m1/s1. The summed E-state index contributed by atoms with van der Waals surface area (Å²) < 4.78 is 26.3. The zero-order chi connectivity index (χ0) is 14.6. The summed E-state index contributed by atoms with van der Waals surface area (Å²) >= 11 is 5.79. The average molecular weight is 312 g/mol. The Morgan fingerprint density at radius 1 is 1.10 bits per heavy atom. The van der Waals surface area contributed by atoms with Gasteiger partial charge in [-0.3, -0.25) is 4.72 Å². The number of anilines is 1. The number of aliphatic hydroxyl groups is 1. The Balaban J connectivity index is 2.08. The van der Waals surface area contributed by atoms with Crippen LogP contribution in [-0.2, 0) is 10.0 Å². The van der Waals surface area contributed by atoms with E-state index < -0.39 is 21.9 Å². The summed E-state index contributed by atoms with van der Waals surface area (Å²) in [6.07, 6.45) is -1.08. The van der Waals surface area contributed by atoms with Crippen molar-refractivity contribution in [1.29, 1.82) is 0 Å². The number of aliphatic hydroxyl groups excluding tert-OH is 1. The highest BCUT2D eigenvalue weighted by Gasteiger charge is 2.18. The van der Waals surface area contributed by atoms with E-state index in [9.17, 15) is 13.5 Å². The minimum absolute atomic E-state index is 0.373. The van der Waals surface area contributed by atoms with Crippen LogP contribution in [-0.4, -0.2) is 19.3 Å². The van der Waals surface area contributed by atoms with Crippen LogP contribution in [0.4, 0.5) is 5.69 Å². The normalized spacial score (nSPS) is 12.9. The largest absolute Gasteiger partial charge is 0.387 e. The van der Waals surface area contributed by atoms with Crippen LogP contribution in [0.5, 0.6) is 0 Å². The number of benzene rings is 2. The summed E-state index contributed by atoms with van der Waals surface area (Å²) in [4.78, 5) is 0. The van der Waals surface area contributed by atoms with E-state index in [4.69, 9.17) is 11.6 Å². The third kappa shape index (κ3) is 4.23. The fraction of sp³-hybridized carbons (Fsp3) is 0.143. The van der Waals surface area contributed by atoms with E-state index in [1.54, 1.807) is 48.5 Å². The molecular formula is C14H14ClNO3S. The number of sulfonamides is 1. The number of halogens is 1. The molecule has 0 saturated heterocycles. The van der Waals surface area contributed by atoms with Gasteiger partial charge < -0.3 is 5.11 Å². The van der Waals surface area contributed by atoms with E-state index in [1.807, 2.05) is 0 Å². The molecule has 2 N–H and O–H groups in total. The lowest BCUT2D eigenvalue weighted by Gasteiger charge is -2.13. The summed E-state index contributed by atoms with van der Waals surface area (Å²) in [7, 11) is -3.66. The molecule has 0 unspecified atom stereocenters. The van der Waals surface area contributed by atoms with Crippen LogP contribution in [0.2, 0.25) is 5.02 Å². The van der Waals surface area contributed by atoms with Gasteiger partial charge in [0.25, 0.3) is 0 Å². The van der Waals surface area contributed by atoms with Crippen LogP contribution in [0.15, 0.2) is 54.6 Å². The molecular weight excluding hydrogens is 298 g/mol. The fourth-order valence-corrected chi connectivity index (χ4v) is 3.12. The lowest BCUT2D eigenvalue weighted by Crippen LogP contribution is -2.21. The minimum Gasteiger partial charge on any atom is -0.387 e. The zero-order valence-corrected chi connectivity index (χ0v) is 12.1. The van der Waals surface area contributed by atoms with E-state index >= 15 is 0 Å². The summed E-state index contributed by atoms with van der Waals surface area (Å²) in [6, 6.07) is 15.1. The number of hydrogen-bond donors (Lipinski definition) is 2. The van der Waals surface area contributed by atoms with Crippen molar-refractivity contribution in [2.45, 2.75) is 6.10 Å². The van der Waals surface area contributed by atoms with Gasteiger partial charge in [-0.25, -0.2) is 8.42 Å². The van der Waals surface area contributed by atoms with E-state index in [2.05, 4.69) is 4.72 Å². The summed E-state index contributed by atoms with van der Waals surface area (Å²) in [5.41, 5.74) is 0.932. The third-order valence-electron chi connectivity index (χ3n) is 2.66. The molecule has 0 aliphatic heterocycles. The van der Waals surface area contributed by atoms with Gasteiger partial charge >= 0.3 is 0 Å². The van der Waals surface area contributed by atoms with Crippen molar-refractivity contribution in [3.05, 3.63) is 65.2 Å². The average Bonchev–Trinajstić information content (AvgIpc) is 2.38. The van der Waals surface area contributed by atoms with Gasteiger partial charge in [0.1, 0.15) is 0 Å². The van der Waals surface area contributed by atoms with E-state index in [1.165, 1.54) is 6.07 Å². The highest BCUT2D eigenvalue weighted by Crippen LogP contribution is 2.19. The molecule has 0 saturated carbocycles. The second kappa shape index (κ2) is 6.26. The van der Waals surface area contributed by atoms with Gasteiger partial charge in [-0.05, 0) is 23.8 Å². The van der Waals surface area contributed by atoms with E-state index in [-0.39, 0.29) is 0 Å². The molecule has 2 aromatic carbocycles. The molecule has 0 aromatic heterocycles. The maximum atomic E-state index is 12.0. The predicted molar refractivity (Wildman–Crippen MR) is 80.3 cm³/mol. The number of hydrogen-bond acceptors (Lipinski definition) is 3. The molecule has 106 valence electrons. The van der Waals surface area contributed by atoms with Crippen LogP contribution in [0.25, 0.3) is 0 Å². The lowest BCUT2D eigenvalue weighted by atomic mass is 10.1. The Morgan fingerprint density at radius 2 is 1.80 bits per heavy atom. The molecule has 2 rings (SSSR count). The van der Waals surface area contributed by atoms with Crippen LogP contribution in [0, 0.1) is 0 Å². The second-order valence-corrected chi connectivity index (χ2v) is 6.52. The van der Waals surface area contributed by atoms with Crippen LogP contribution < -0.4 is 4.72 Å². The minimum atomic E-state index is -3.66. The molecule has 2 aromatic rings. The predicted octanol–water partition coefficient (Wildman–Crippen LogP) is 2.82. The van der Waals surface area contributed by atoms with Crippen molar-refractivity contribution >= 4 is 27.3 Å². The quantitative estimate of drug-likeness (QED) is 0.892. The van der Waals surface area contributed by atoms with Gasteiger partial charge in [-0.1, -0.05) is 48.0 Å². The van der Waals surface area contributed by atoms with Gasteiger partial charge in [0.2, 0.25) is 10.0 Å². The first-order chi connectivity index (χ1) is 9.46. The summed E-state index contributed by atoms with van der Waals surface area (Å²) in [5.74, 6) is -0.413. The molecule has 0 fully saturated rings. The Labute approximate surface area is 123 Å². The molecule has 6 heteroatoms. The highest BCUT2D eigenvalue weighted by molar-refractivity contribution is 7.92. The highest BCUT2D eigenvalue weighted by atomic mass is 35.5. The Morgan fingerprint density at radius 3 is 2.45 bits per heavy atom. The van der Waals surface area contributed by atoms with Crippen molar-refractivity contribution < 1.29 is 13.5 Å². The van der Waals surface area contributed by atoms with Crippen molar-refractivity contribution in [2.75, 3.05) is 10.5 Å². The third-order valence-corrected chi connectivity index (χ3v) is 4.20.